The predicted octanol–water partition coefficient (Wildman–Crippen LogP) is 0.581. The molecule has 2 heterocycles. The van der Waals surface area contributed by atoms with Crippen LogP contribution in [0, 0.1) is 6.10 Å². The number of ether oxygens (including phenoxy) is 1. The van der Waals surface area contributed by atoms with Crippen molar-refractivity contribution >= 4 is 0 Å². The van der Waals surface area contributed by atoms with Gasteiger partial charge in [0.2, 0.25) is 0 Å². The second-order valence-electron chi connectivity index (χ2n) is 2.69. The number of pyridine rings is 1. The molecule has 3 heteroatoms. The molecule has 1 aromatic rings. The van der Waals surface area contributed by atoms with Crippen molar-refractivity contribution in [2.24, 2.45) is 0 Å². The summed E-state index contributed by atoms with van der Waals surface area (Å²) in [4.78, 5) is 4.03. The monoisotopic (exact) mass is 163 g/mol. The van der Waals surface area contributed by atoms with E-state index in [9.17, 15) is 0 Å². The third-order valence-corrected chi connectivity index (χ3v) is 1.82. The van der Waals surface area contributed by atoms with Gasteiger partial charge >= 0.3 is 0 Å². The Morgan fingerprint density at radius 3 is 3.17 bits per heavy atom. The second-order valence-corrected chi connectivity index (χ2v) is 2.69. The highest BCUT2D eigenvalue weighted by Crippen LogP contribution is 2.15. The van der Waals surface area contributed by atoms with Gasteiger partial charge in [-0.25, -0.2) is 0 Å². The lowest BCUT2D eigenvalue weighted by molar-refractivity contribution is 0.129. The Bertz CT molecular complexity index is 232. The molecule has 12 heavy (non-hydrogen) atoms. The van der Waals surface area contributed by atoms with E-state index in [0.717, 1.165) is 31.4 Å². The summed E-state index contributed by atoms with van der Waals surface area (Å²) >= 11 is 0. The molecule has 1 aliphatic rings. The summed E-state index contributed by atoms with van der Waals surface area (Å²) in [6.45, 7) is 2.50. The predicted molar refractivity (Wildman–Crippen MR) is 45.4 cm³/mol. The van der Waals surface area contributed by atoms with E-state index in [0.29, 0.717) is 0 Å². The Labute approximate surface area is 71.8 Å². The van der Waals surface area contributed by atoms with Crippen LogP contribution in [0.5, 0.6) is 0 Å². The number of morpholine rings is 1. The third-order valence-electron chi connectivity index (χ3n) is 1.82. The molecule has 0 unspecified atom stereocenters. The Balaban J connectivity index is 2.08. The number of nitrogens with zero attached hydrogens (tertiary/aromatic N) is 1. The molecule has 0 saturated carbocycles. The smallest absolute Gasteiger partial charge is 0.141 e. The SMILES string of the molecule is c1cncc([C]2CNCCO2)c1. The van der Waals surface area contributed by atoms with E-state index >= 15 is 0 Å². The van der Waals surface area contributed by atoms with E-state index < -0.39 is 0 Å². The van der Waals surface area contributed by atoms with Crippen molar-refractivity contribution in [3.63, 3.8) is 0 Å². The molecule has 63 valence electrons. The fourth-order valence-corrected chi connectivity index (χ4v) is 1.21. The van der Waals surface area contributed by atoms with Gasteiger partial charge in [0.1, 0.15) is 6.10 Å². The zero-order valence-electron chi connectivity index (χ0n) is 6.79. The molecule has 0 spiro atoms. The van der Waals surface area contributed by atoms with Gasteiger partial charge in [-0.05, 0) is 6.07 Å². The lowest BCUT2D eigenvalue weighted by atomic mass is 10.1. The number of nitrogens with one attached hydrogen (secondary N) is 1. The minimum atomic E-state index is 0.754. The molecule has 0 aliphatic carbocycles. The Kier molecular flexibility index (Phi) is 2.34. The van der Waals surface area contributed by atoms with Gasteiger partial charge in [-0.15, -0.1) is 0 Å². The van der Waals surface area contributed by atoms with Crippen molar-refractivity contribution in [2.75, 3.05) is 19.7 Å². The number of aromatic nitrogens is 1. The highest BCUT2D eigenvalue weighted by molar-refractivity contribution is 5.24. The summed E-state index contributed by atoms with van der Waals surface area (Å²) in [7, 11) is 0. The van der Waals surface area contributed by atoms with E-state index in [2.05, 4.69) is 10.3 Å². The van der Waals surface area contributed by atoms with Gasteiger partial charge in [0.15, 0.2) is 0 Å². The molecule has 1 N–H and O–H groups in total. The summed E-state index contributed by atoms with van der Waals surface area (Å²) in [5.74, 6) is 0. The Hall–Kier alpha value is -0.930. The second kappa shape index (κ2) is 3.65. The Morgan fingerprint density at radius 1 is 1.50 bits per heavy atom. The van der Waals surface area contributed by atoms with Crippen LogP contribution in [0.15, 0.2) is 24.5 Å². The summed E-state index contributed by atoms with van der Waals surface area (Å²) in [5, 5.41) is 3.24. The van der Waals surface area contributed by atoms with Crippen LogP contribution in [-0.2, 0) is 4.74 Å². The largest absolute Gasteiger partial charge is 0.364 e. The number of hydrogen-bond acceptors (Lipinski definition) is 3. The molecule has 1 radical (unpaired) electrons. The molecule has 0 amide bonds. The van der Waals surface area contributed by atoms with Gasteiger partial charge < -0.3 is 10.1 Å². The molecular weight excluding hydrogens is 152 g/mol. The van der Waals surface area contributed by atoms with Crippen LogP contribution in [0.1, 0.15) is 5.56 Å². The average Bonchev–Trinajstić information content (AvgIpc) is 2.21. The summed E-state index contributed by atoms with van der Waals surface area (Å²) < 4.78 is 5.48. The molecule has 2 rings (SSSR count). The van der Waals surface area contributed by atoms with Crippen LogP contribution in [0.4, 0.5) is 0 Å². The van der Waals surface area contributed by atoms with E-state index in [1.807, 2.05) is 18.3 Å². The van der Waals surface area contributed by atoms with Crippen molar-refractivity contribution in [3.8, 4) is 0 Å². The van der Waals surface area contributed by atoms with Gasteiger partial charge in [0.05, 0.1) is 6.61 Å². The van der Waals surface area contributed by atoms with Crippen LogP contribution >= 0.6 is 0 Å². The van der Waals surface area contributed by atoms with Crippen LogP contribution < -0.4 is 5.32 Å². The first-order valence-electron chi connectivity index (χ1n) is 4.06. The first-order chi connectivity index (χ1) is 5.97. The van der Waals surface area contributed by atoms with Crippen molar-refractivity contribution in [1.82, 2.24) is 10.3 Å². The zero-order valence-corrected chi connectivity index (χ0v) is 6.79. The molecule has 0 aromatic carbocycles. The van der Waals surface area contributed by atoms with Gasteiger partial charge in [0, 0.05) is 31.0 Å². The standard InChI is InChI=1S/C9H11N2O/c1-2-8(6-10-3-1)9-7-11-4-5-12-9/h1-3,6,11H,4-5,7H2. The topological polar surface area (TPSA) is 34.2 Å². The number of rotatable bonds is 1. The quantitative estimate of drug-likeness (QED) is 0.657. The molecule has 3 nitrogen and oxygen atoms in total. The fourth-order valence-electron chi connectivity index (χ4n) is 1.21. The van der Waals surface area contributed by atoms with E-state index in [-0.39, 0.29) is 0 Å². The van der Waals surface area contributed by atoms with E-state index in [1.165, 1.54) is 0 Å². The minimum Gasteiger partial charge on any atom is -0.364 e. The van der Waals surface area contributed by atoms with Crippen molar-refractivity contribution in [1.29, 1.82) is 0 Å². The summed E-state index contributed by atoms with van der Waals surface area (Å²) in [5.41, 5.74) is 1.07. The van der Waals surface area contributed by atoms with Crippen molar-refractivity contribution in [2.45, 2.75) is 0 Å². The minimum absolute atomic E-state index is 0.754. The third kappa shape index (κ3) is 1.62. The van der Waals surface area contributed by atoms with Crippen LogP contribution in [-0.4, -0.2) is 24.7 Å². The highest BCUT2D eigenvalue weighted by atomic mass is 16.5. The normalized spacial score (nSPS) is 19.3. The van der Waals surface area contributed by atoms with E-state index in [1.54, 1.807) is 6.20 Å². The number of hydrogen-bond donors (Lipinski definition) is 1. The van der Waals surface area contributed by atoms with Gasteiger partial charge in [-0.3, -0.25) is 4.98 Å². The van der Waals surface area contributed by atoms with E-state index in [4.69, 9.17) is 4.74 Å². The molecule has 1 saturated heterocycles. The first-order valence-corrected chi connectivity index (χ1v) is 4.06. The van der Waals surface area contributed by atoms with Crippen LogP contribution in [0.3, 0.4) is 0 Å². The highest BCUT2D eigenvalue weighted by Gasteiger charge is 2.16. The average molecular weight is 163 g/mol. The van der Waals surface area contributed by atoms with Crippen molar-refractivity contribution in [3.05, 3.63) is 36.2 Å². The molecule has 1 aromatic heterocycles. The van der Waals surface area contributed by atoms with Crippen molar-refractivity contribution < 1.29 is 4.74 Å². The zero-order chi connectivity index (χ0) is 8.23. The van der Waals surface area contributed by atoms with Crippen LogP contribution in [0.25, 0.3) is 0 Å². The summed E-state index contributed by atoms with van der Waals surface area (Å²) in [6.07, 6.45) is 4.58. The van der Waals surface area contributed by atoms with Gasteiger partial charge in [-0.1, -0.05) is 6.07 Å². The maximum absolute atomic E-state index is 5.48. The molecular formula is C9H11N2O. The van der Waals surface area contributed by atoms with Gasteiger partial charge in [0.25, 0.3) is 0 Å². The Morgan fingerprint density at radius 2 is 2.50 bits per heavy atom. The van der Waals surface area contributed by atoms with Gasteiger partial charge in [-0.2, -0.15) is 0 Å². The molecule has 0 bridgehead atoms. The lowest BCUT2D eigenvalue weighted by Gasteiger charge is -2.22. The fraction of sp³-hybridized carbons (Fsp3) is 0.333. The summed E-state index contributed by atoms with van der Waals surface area (Å²) in [6, 6.07) is 3.93. The molecule has 1 aliphatic heterocycles. The molecule has 0 atom stereocenters. The maximum Gasteiger partial charge on any atom is 0.141 e. The lowest BCUT2D eigenvalue weighted by Crippen LogP contribution is -2.33. The first kappa shape index (κ1) is 7.71. The van der Waals surface area contributed by atoms with Crippen LogP contribution in [0.2, 0.25) is 0 Å². The maximum atomic E-state index is 5.48. The molecule has 1 fully saturated rings.